The number of carbonyl (C=O) groups excluding carboxylic acids is 1. The van der Waals surface area contributed by atoms with Crippen molar-refractivity contribution in [2.75, 3.05) is 7.11 Å². The van der Waals surface area contributed by atoms with Gasteiger partial charge in [-0.15, -0.1) is 0 Å². The van der Waals surface area contributed by atoms with Crippen LogP contribution in [-0.4, -0.2) is 12.9 Å². The van der Waals surface area contributed by atoms with Crippen LogP contribution in [0.3, 0.4) is 0 Å². The second-order valence-electron chi connectivity index (χ2n) is 4.04. The van der Waals surface area contributed by atoms with Gasteiger partial charge in [-0.2, -0.15) is 0 Å². The quantitative estimate of drug-likeness (QED) is 0.801. The third kappa shape index (κ3) is 2.62. The van der Waals surface area contributed by atoms with Crippen molar-refractivity contribution in [3.8, 4) is 5.75 Å². The van der Waals surface area contributed by atoms with Gasteiger partial charge in [0.25, 0.3) is 0 Å². The average molecular weight is 305 g/mol. The van der Waals surface area contributed by atoms with Gasteiger partial charge in [0.2, 0.25) is 0 Å². The highest BCUT2D eigenvalue weighted by Gasteiger charge is 2.14. The molecule has 0 amide bonds. The number of halogens is 1. The van der Waals surface area contributed by atoms with Gasteiger partial charge in [0.1, 0.15) is 5.75 Å². The Kier molecular flexibility index (Phi) is 3.82. The van der Waals surface area contributed by atoms with Crippen LogP contribution in [0.1, 0.15) is 21.5 Å². The van der Waals surface area contributed by atoms with Crippen molar-refractivity contribution >= 4 is 21.7 Å². The zero-order chi connectivity index (χ0) is 13.1. The van der Waals surface area contributed by atoms with E-state index in [4.69, 9.17) is 4.74 Å². The number of carbonyl (C=O) groups is 1. The van der Waals surface area contributed by atoms with Crippen LogP contribution in [0.15, 0.2) is 46.9 Å². The summed E-state index contributed by atoms with van der Waals surface area (Å²) in [6, 6.07) is 12.9. The Morgan fingerprint density at radius 1 is 1.17 bits per heavy atom. The molecule has 0 radical (unpaired) electrons. The minimum absolute atomic E-state index is 0.0307. The van der Waals surface area contributed by atoms with Crippen molar-refractivity contribution in [3.63, 3.8) is 0 Å². The smallest absolute Gasteiger partial charge is 0.196 e. The first-order valence-electron chi connectivity index (χ1n) is 5.56. The summed E-state index contributed by atoms with van der Waals surface area (Å²) in [7, 11) is 1.57. The lowest BCUT2D eigenvalue weighted by molar-refractivity contribution is 0.103. The first-order chi connectivity index (χ1) is 8.61. The molecule has 2 rings (SSSR count). The Morgan fingerprint density at radius 2 is 1.94 bits per heavy atom. The molecule has 2 nitrogen and oxygen atoms in total. The summed E-state index contributed by atoms with van der Waals surface area (Å²) < 4.78 is 6.13. The molecule has 0 heterocycles. The van der Waals surface area contributed by atoms with E-state index in [2.05, 4.69) is 15.9 Å². The number of hydrogen-bond donors (Lipinski definition) is 0. The molecule has 3 heteroatoms. The van der Waals surface area contributed by atoms with Gasteiger partial charge in [-0.3, -0.25) is 4.79 Å². The summed E-state index contributed by atoms with van der Waals surface area (Å²) in [5.74, 6) is 0.572. The van der Waals surface area contributed by atoms with Crippen molar-refractivity contribution in [1.82, 2.24) is 0 Å². The number of ether oxygens (including phenoxy) is 1. The highest BCUT2D eigenvalue weighted by molar-refractivity contribution is 9.10. The molecule has 0 unspecified atom stereocenters. The van der Waals surface area contributed by atoms with Gasteiger partial charge >= 0.3 is 0 Å². The molecule has 0 bridgehead atoms. The number of hydrogen-bond acceptors (Lipinski definition) is 2. The maximum atomic E-state index is 12.4. The fourth-order valence-corrected chi connectivity index (χ4v) is 2.18. The van der Waals surface area contributed by atoms with Gasteiger partial charge in [-0.25, -0.2) is 0 Å². The Bertz CT molecular complexity index is 591. The molecule has 0 aliphatic heterocycles. The van der Waals surface area contributed by atoms with Crippen LogP contribution >= 0.6 is 15.9 Å². The van der Waals surface area contributed by atoms with Crippen LogP contribution in [0, 0.1) is 6.92 Å². The third-order valence-electron chi connectivity index (χ3n) is 2.69. The lowest BCUT2D eigenvalue weighted by atomic mass is 10.0. The van der Waals surface area contributed by atoms with Crippen molar-refractivity contribution in [2.45, 2.75) is 6.92 Å². The van der Waals surface area contributed by atoms with Gasteiger partial charge in [0.05, 0.1) is 12.7 Å². The molecule has 0 N–H and O–H groups in total. The first-order valence-corrected chi connectivity index (χ1v) is 6.36. The van der Waals surface area contributed by atoms with Crippen LogP contribution in [0.2, 0.25) is 0 Å². The highest BCUT2D eigenvalue weighted by atomic mass is 79.9. The van der Waals surface area contributed by atoms with E-state index in [1.54, 1.807) is 13.2 Å². The van der Waals surface area contributed by atoms with Crippen LogP contribution < -0.4 is 4.74 Å². The second-order valence-corrected chi connectivity index (χ2v) is 4.96. The fraction of sp³-hybridized carbons (Fsp3) is 0.133. The van der Waals surface area contributed by atoms with Gasteiger partial charge in [0, 0.05) is 10.0 Å². The Hall–Kier alpha value is -1.61. The van der Waals surface area contributed by atoms with Gasteiger partial charge in [-0.1, -0.05) is 39.7 Å². The lowest BCUT2D eigenvalue weighted by Gasteiger charge is -2.08. The van der Waals surface area contributed by atoms with E-state index in [-0.39, 0.29) is 5.78 Å². The standard InChI is InChI=1S/C15H13BrO2/c1-10-6-7-14(18-2)13(8-10)15(17)11-4-3-5-12(16)9-11/h3-9H,1-2H3. The topological polar surface area (TPSA) is 26.3 Å². The third-order valence-corrected chi connectivity index (χ3v) is 3.18. The van der Waals surface area contributed by atoms with Gasteiger partial charge < -0.3 is 4.74 Å². The van der Waals surface area contributed by atoms with Crippen molar-refractivity contribution in [1.29, 1.82) is 0 Å². The number of benzene rings is 2. The average Bonchev–Trinajstić information content (AvgIpc) is 2.38. The Labute approximate surface area is 115 Å². The van der Waals surface area contributed by atoms with Gasteiger partial charge in [0.15, 0.2) is 5.78 Å². The van der Waals surface area contributed by atoms with E-state index in [1.165, 1.54) is 0 Å². The molecule has 0 spiro atoms. The predicted octanol–water partition coefficient (Wildman–Crippen LogP) is 4.00. The number of ketones is 1. The zero-order valence-electron chi connectivity index (χ0n) is 10.2. The number of aryl methyl sites for hydroxylation is 1. The van der Waals surface area contributed by atoms with Crippen LogP contribution in [0.25, 0.3) is 0 Å². The molecule has 2 aromatic carbocycles. The molecule has 0 atom stereocenters. The second kappa shape index (κ2) is 5.36. The Balaban J connectivity index is 2.48. The van der Waals surface area contributed by atoms with Crippen LogP contribution in [0.5, 0.6) is 5.75 Å². The molecule has 0 saturated heterocycles. The summed E-state index contributed by atoms with van der Waals surface area (Å²) in [4.78, 5) is 12.4. The maximum absolute atomic E-state index is 12.4. The molecule has 0 fully saturated rings. The van der Waals surface area contributed by atoms with E-state index in [9.17, 15) is 4.79 Å². The van der Waals surface area contributed by atoms with E-state index in [0.29, 0.717) is 16.9 Å². The summed E-state index contributed by atoms with van der Waals surface area (Å²) >= 11 is 3.37. The van der Waals surface area contributed by atoms with Crippen LogP contribution in [-0.2, 0) is 0 Å². The van der Waals surface area contributed by atoms with Crippen LogP contribution in [0.4, 0.5) is 0 Å². The molecule has 0 aromatic heterocycles. The van der Waals surface area contributed by atoms with E-state index in [1.807, 2.05) is 43.3 Å². The minimum atomic E-state index is -0.0307. The van der Waals surface area contributed by atoms with E-state index >= 15 is 0 Å². The molecule has 0 aliphatic rings. The molecule has 18 heavy (non-hydrogen) atoms. The summed E-state index contributed by atoms with van der Waals surface area (Å²) in [6.45, 7) is 1.96. The zero-order valence-corrected chi connectivity index (χ0v) is 11.8. The number of methoxy groups -OCH3 is 1. The monoisotopic (exact) mass is 304 g/mol. The Morgan fingerprint density at radius 3 is 2.61 bits per heavy atom. The largest absolute Gasteiger partial charge is 0.496 e. The maximum Gasteiger partial charge on any atom is 0.196 e. The van der Waals surface area contributed by atoms with Crippen molar-refractivity contribution < 1.29 is 9.53 Å². The first kappa shape index (κ1) is 12.8. The summed E-state index contributed by atoms with van der Waals surface area (Å²) in [5.41, 5.74) is 2.28. The normalized spacial score (nSPS) is 10.2. The van der Waals surface area contributed by atoms with Gasteiger partial charge in [-0.05, 0) is 31.2 Å². The SMILES string of the molecule is COc1ccc(C)cc1C(=O)c1cccc(Br)c1. The predicted molar refractivity (Wildman–Crippen MR) is 75.3 cm³/mol. The molecule has 2 aromatic rings. The van der Waals surface area contributed by atoms with E-state index < -0.39 is 0 Å². The molecule has 92 valence electrons. The summed E-state index contributed by atoms with van der Waals surface area (Å²) in [6.07, 6.45) is 0. The van der Waals surface area contributed by atoms with Crippen molar-refractivity contribution in [3.05, 3.63) is 63.6 Å². The highest BCUT2D eigenvalue weighted by Crippen LogP contribution is 2.24. The number of rotatable bonds is 3. The lowest BCUT2D eigenvalue weighted by Crippen LogP contribution is -2.04. The molecular formula is C15H13BrO2. The van der Waals surface area contributed by atoms with E-state index in [0.717, 1.165) is 10.0 Å². The molecule has 0 saturated carbocycles. The molecular weight excluding hydrogens is 292 g/mol. The molecule has 0 aliphatic carbocycles. The van der Waals surface area contributed by atoms with Crippen molar-refractivity contribution in [2.24, 2.45) is 0 Å². The fourth-order valence-electron chi connectivity index (χ4n) is 1.78. The minimum Gasteiger partial charge on any atom is -0.496 e. The summed E-state index contributed by atoms with van der Waals surface area (Å²) in [5, 5.41) is 0.